The Morgan fingerprint density at radius 1 is 1.33 bits per heavy atom. The van der Waals surface area contributed by atoms with Gasteiger partial charge in [0.15, 0.2) is 11.5 Å². The van der Waals surface area contributed by atoms with Crippen LogP contribution in [0, 0.1) is 11.3 Å². The van der Waals surface area contributed by atoms with E-state index < -0.39 is 28.9 Å². The van der Waals surface area contributed by atoms with Gasteiger partial charge in [0.25, 0.3) is 5.91 Å². The fraction of sp³-hybridized carbons (Fsp3) is 0.111. The SMILES string of the molecule is COc1cc(/C=C(/C#N)C(=O)Nc2ccccc2C(F)(F)F)cc(Br)c1O. The van der Waals surface area contributed by atoms with Crippen molar-refractivity contribution in [1.82, 2.24) is 0 Å². The lowest BCUT2D eigenvalue weighted by molar-refractivity contribution is -0.137. The Morgan fingerprint density at radius 3 is 2.59 bits per heavy atom. The molecular formula is C18H12BrF3N2O3. The number of rotatable bonds is 4. The number of phenols is 1. The molecule has 0 heterocycles. The average Bonchev–Trinajstić information content (AvgIpc) is 2.61. The summed E-state index contributed by atoms with van der Waals surface area (Å²) < 4.78 is 44.3. The third-order valence-electron chi connectivity index (χ3n) is 3.43. The van der Waals surface area contributed by atoms with Crippen LogP contribution in [-0.4, -0.2) is 18.1 Å². The lowest BCUT2D eigenvalue weighted by atomic mass is 10.1. The lowest BCUT2D eigenvalue weighted by Gasteiger charge is -2.13. The number of nitrogens with one attached hydrogen (secondary N) is 1. The van der Waals surface area contributed by atoms with Gasteiger partial charge in [0, 0.05) is 0 Å². The molecule has 0 radical (unpaired) electrons. The van der Waals surface area contributed by atoms with Gasteiger partial charge in [0.1, 0.15) is 11.6 Å². The number of anilines is 1. The predicted octanol–water partition coefficient (Wildman–Crippen LogP) is 4.73. The highest BCUT2D eigenvalue weighted by Crippen LogP contribution is 2.36. The molecule has 0 aliphatic carbocycles. The fourth-order valence-corrected chi connectivity index (χ4v) is 2.64. The normalized spacial score (nSPS) is 11.6. The summed E-state index contributed by atoms with van der Waals surface area (Å²) in [6.45, 7) is 0. The predicted molar refractivity (Wildman–Crippen MR) is 96.0 cm³/mol. The summed E-state index contributed by atoms with van der Waals surface area (Å²) in [5, 5.41) is 21.1. The maximum atomic E-state index is 13.0. The van der Waals surface area contributed by atoms with E-state index in [1.165, 1.54) is 31.4 Å². The highest BCUT2D eigenvalue weighted by molar-refractivity contribution is 9.10. The van der Waals surface area contributed by atoms with Gasteiger partial charge >= 0.3 is 6.18 Å². The first kappa shape index (κ1) is 20.3. The molecule has 0 atom stereocenters. The first-order valence-corrected chi connectivity index (χ1v) is 8.12. The molecule has 27 heavy (non-hydrogen) atoms. The van der Waals surface area contributed by atoms with Crippen LogP contribution in [0.2, 0.25) is 0 Å². The number of aromatic hydroxyl groups is 1. The van der Waals surface area contributed by atoms with Crippen molar-refractivity contribution in [3.05, 3.63) is 57.6 Å². The molecule has 2 aromatic carbocycles. The minimum Gasteiger partial charge on any atom is -0.503 e. The van der Waals surface area contributed by atoms with Crippen LogP contribution in [0.15, 0.2) is 46.4 Å². The number of carbonyl (C=O) groups excluding carboxylic acids is 1. The maximum absolute atomic E-state index is 13.0. The summed E-state index contributed by atoms with van der Waals surface area (Å²) in [5.41, 5.74) is -1.58. The van der Waals surface area contributed by atoms with Crippen molar-refractivity contribution in [2.45, 2.75) is 6.18 Å². The second-order valence-corrected chi connectivity index (χ2v) is 6.08. The van der Waals surface area contributed by atoms with Gasteiger partial charge in [0.05, 0.1) is 22.8 Å². The van der Waals surface area contributed by atoms with Crippen molar-refractivity contribution >= 4 is 33.6 Å². The minimum absolute atomic E-state index is 0.0933. The van der Waals surface area contributed by atoms with Crippen LogP contribution in [0.4, 0.5) is 18.9 Å². The number of hydrogen-bond acceptors (Lipinski definition) is 4. The van der Waals surface area contributed by atoms with Crippen molar-refractivity contribution in [2.24, 2.45) is 0 Å². The average molecular weight is 441 g/mol. The number of alkyl halides is 3. The number of para-hydroxylation sites is 1. The van der Waals surface area contributed by atoms with Crippen molar-refractivity contribution < 1.29 is 27.8 Å². The molecule has 0 saturated carbocycles. The highest BCUT2D eigenvalue weighted by Gasteiger charge is 2.33. The Balaban J connectivity index is 2.37. The standard InChI is InChI=1S/C18H12BrF3N2O3/c1-27-15-8-10(7-13(19)16(15)25)6-11(9-23)17(26)24-14-5-3-2-4-12(14)18(20,21)22/h2-8,25H,1H3,(H,24,26)/b11-6-. The van der Waals surface area contributed by atoms with Crippen molar-refractivity contribution in [3.8, 4) is 17.6 Å². The number of halogens is 4. The Hall–Kier alpha value is -2.99. The van der Waals surface area contributed by atoms with E-state index >= 15 is 0 Å². The highest BCUT2D eigenvalue weighted by atomic mass is 79.9. The zero-order chi connectivity index (χ0) is 20.2. The number of nitrogens with zero attached hydrogens (tertiary/aromatic N) is 1. The van der Waals surface area contributed by atoms with E-state index in [1.807, 2.05) is 0 Å². The van der Waals surface area contributed by atoms with Gasteiger partial charge in [-0.15, -0.1) is 0 Å². The number of hydrogen-bond donors (Lipinski definition) is 2. The summed E-state index contributed by atoms with van der Waals surface area (Å²) in [4.78, 5) is 12.3. The Kier molecular flexibility index (Phi) is 6.13. The van der Waals surface area contributed by atoms with E-state index in [0.29, 0.717) is 5.56 Å². The molecule has 2 N–H and O–H groups in total. The third-order valence-corrected chi connectivity index (χ3v) is 4.03. The molecule has 1 amide bonds. The molecule has 0 spiro atoms. The topological polar surface area (TPSA) is 82.3 Å². The summed E-state index contributed by atoms with van der Waals surface area (Å²) in [7, 11) is 1.32. The van der Waals surface area contributed by atoms with Crippen LogP contribution in [0.5, 0.6) is 11.5 Å². The molecular weight excluding hydrogens is 429 g/mol. The molecule has 5 nitrogen and oxygen atoms in total. The first-order valence-electron chi connectivity index (χ1n) is 7.33. The molecule has 0 unspecified atom stereocenters. The molecule has 2 rings (SSSR count). The molecule has 0 saturated heterocycles. The molecule has 140 valence electrons. The van der Waals surface area contributed by atoms with Crippen LogP contribution >= 0.6 is 15.9 Å². The van der Waals surface area contributed by atoms with E-state index in [0.717, 1.165) is 18.2 Å². The van der Waals surface area contributed by atoms with Gasteiger partial charge in [-0.3, -0.25) is 4.79 Å². The zero-order valence-corrected chi connectivity index (χ0v) is 15.4. The summed E-state index contributed by atoms with van der Waals surface area (Å²) in [6, 6.07) is 8.89. The molecule has 0 fully saturated rings. The quantitative estimate of drug-likeness (QED) is 0.531. The van der Waals surface area contributed by atoms with Gasteiger partial charge in [-0.1, -0.05) is 12.1 Å². The Labute approximate surface area is 160 Å². The Morgan fingerprint density at radius 2 is 2.00 bits per heavy atom. The number of ether oxygens (including phenoxy) is 1. The second-order valence-electron chi connectivity index (χ2n) is 5.22. The van der Waals surface area contributed by atoms with Crippen LogP contribution in [-0.2, 0) is 11.0 Å². The van der Waals surface area contributed by atoms with E-state index in [4.69, 9.17) is 4.74 Å². The van der Waals surface area contributed by atoms with Crippen molar-refractivity contribution in [1.29, 1.82) is 5.26 Å². The van der Waals surface area contributed by atoms with E-state index in [9.17, 15) is 28.3 Å². The van der Waals surface area contributed by atoms with Crippen molar-refractivity contribution in [2.75, 3.05) is 12.4 Å². The molecule has 0 aliphatic heterocycles. The number of carbonyl (C=O) groups is 1. The summed E-state index contributed by atoms with van der Waals surface area (Å²) >= 11 is 3.10. The molecule has 2 aromatic rings. The third kappa shape index (κ3) is 4.80. The summed E-state index contributed by atoms with van der Waals surface area (Å²) in [6.07, 6.45) is -3.49. The van der Waals surface area contributed by atoms with Gasteiger partial charge in [0.2, 0.25) is 0 Å². The zero-order valence-electron chi connectivity index (χ0n) is 13.8. The second kappa shape index (κ2) is 8.14. The number of amides is 1. The monoisotopic (exact) mass is 440 g/mol. The Bertz CT molecular complexity index is 950. The van der Waals surface area contributed by atoms with Gasteiger partial charge in [-0.25, -0.2) is 0 Å². The van der Waals surface area contributed by atoms with Gasteiger partial charge < -0.3 is 15.2 Å². The van der Waals surface area contributed by atoms with Crippen LogP contribution in [0.3, 0.4) is 0 Å². The van der Waals surface area contributed by atoms with Crippen molar-refractivity contribution in [3.63, 3.8) is 0 Å². The lowest BCUT2D eigenvalue weighted by Crippen LogP contribution is -2.17. The fourth-order valence-electron chi connectivity index (χ4n) is 2.18. The maximum Gasteiger partial charge on any atom is 0.418 e. The van der Waals surface area contributed by atoms with E-state index in [-0.39, 0.29) is 16.0 Å². The largest absolute Gasteiger partial charge is 0.503 e. The van der Waals surface area contributed by atoms with Crippen LogP contribution < -0.4 is 10.1 Å². The minimum atomic E-state index is -4.66. The van der Waals surface area contributed by atoms with Gasteiger partial charge in [-0.2, -0.15) is 18.4 Å². The van der Waals surface area contributed by atoms with Crippen LogP contribution in [0.25, 0.3) is 6.08 Å². The summed E-state index contributed by atoms with van der Waals surface area (Å²) in [5.74, 6) is -1.08. The first-order chi connectivity index (χ1) is 12.7. The smallest absolute Gasteiger partial charge is 0.418 e. The van der Waals surface area contributed by atoms with E-state index in [2.05, 4.69) is 21.2 Å². The van der Waals surface area contributed by atoms with Crippen LogP contribution in [0.1, 0.15) is 11.1 Å². The number of methoxy groups -OCH3 is 1. The molecule has 0 aliphatic rings. The molecule has 0 bridgehead atoms. The van der Waals surface area contributed by atoms with Gasteiger partial charge in [-0.05, 0) is 51.8 Å². The van der Waals surface area contributed by atoms with E-state index in [1.54, 1.807) is 6.07 Å². The number of benzene rings is 2. The number of phenolic OH excluding ortho intramolecular Hbond substituents is 1. The molecule has 9 heteroatoms. The number of nitriles is 1. The molecule has 0 aromatic heterocycles.